The van der Waals surface area contributed by atoms with Crippen LogP contribution in [0.25, 0.3) is 12.2 Å². The van der Waals surface area contributed by atoms with E-state index in [-0.39, 0.29) is 5.75 Å². The predicted octanol–water partition coefficient (Wildman–Crippen LogP) is 4.35. The summed E-state index contributed by atoms with van der Waals surface area (Å²) in [6.07, 6.45) is 3.68. The Bertz CT molecular complexity index is 695. The van der Waals surface area contributed by atoms with Crippen molar-refractivity contribution < 1.29 is 19.3 Å². The molecule has 0 amide bonds. The summed E-state index contributed by atoms with van der Waals surface area (Å²) in [6, 6.07) is 8.95. The Morgan fingerprint density at radius 2 is 1.55 bits per heavy atom. The van der Waals surface area contributed by atoms with Crippen molar-refractivity contribution in [1.82, 2.24) is 0 Å². The molecule has 0 unspecified atom stereocenters. The van der Waals surface area contributed by atoms with E-state index in [9.17, 15) is 5.11 Å². The molecule has 116 valence electrons. The van der Waals surface area contributed by atoms with Crippen LogP contribution in [-0.4, -0.2) is 26.4 Å². The Hall–Kier alpha value is -2.14. The minimum absolute atomic E-state index is 0.224. The number of benzene rings is 2. The van der Waals surface area contributed by atoms with Gasteiger partial charge in [0, 0.05) is 5.56 Å². The first kappa shape index (κ1) is 16.2. The molecule has 4 nitrogen and oxygen atoms in total. The van der Waals surface area contributed by atoms with Crippen LogP contribution in [0.5, 0.6) is 23.0 Å². The zero-order valence-electron chi connectivity index (χ0n) is 12.6. The summed E-state index contributed by atoms with van der Waals surface area (Å²) in [5.74, 6) is 1.87. The molecule has 0 aromatic heterocycles. The molecule has 2 aromatic carbocycles. The summed E-state index contributed by atoms with van der Waals surface area (Å²) in [6.45, 7) is 0. The Labute approximate surface area is 138 Å². The van der Waals surface area contributed by atoms with E-state index in [0.717, 1.165) is 15.6 Å². The van der Waals surface area contributed by atoms with Crippen LogP contribution < -0.4 is 14.2 Å². The molecule has 0 heterocycles. The third-order valence-corrected chi connectivity index (χ3v) is 3.99. The molecule has 5 heteroatoms. The molecule has 0 saturated carbocycles. The second kappa shape index (κ2) is 7.22. The van der Waals surface area contributed by atoms with E-state index in [2.05, 4.69) is 15.9 Å². The van der Waals surface area contributed by atoms with Crippen molar-refractivity contribution in [2.45, 2.75) is 0 Å². The summed E-state index contributed by atoms with van der Waals surface area (Å²) in [5, 5.41) is 9.81. The van der Waals surface area contributed by atoms with Crippen molar-refractivity contribution in [3.05, 3.63) is 45.9 Å². The maximum Gasteiger partial charge on any atom is 0.204 e. The maximum absolute atomic E-state index is 9.81. The van der Waals surface area contributed by atoms with Crippen LogP contribution in [0.2, 0.25) is 0 Å². The topological polar surface area (TPSA) is 47.9 Å². The van der Waals surface area contributed by atoms with E-state index in [1.165, 1.54) is 0 Å². The molecule has 0 aliphatic rings. The molecular weight excluding hydrogens is 348 g/mol. The summed E-state index contributed by atoms with van der Waals surface area (Å²) >= 11 is 3.51. The van der Waals surface area contributed by atoms with Crippen LogP contribution in [0.15, 0.2) is 34.8 Å². The third-order valence-electron chi connectivity index (χ3n) is 3.18. The summed E-state index contributed by atoms with van der Waals surface area (Å²) < 4.78 is 16.8. The fourth-order valence-electron chi connectivity index (χ4n) is 2.07. The van der Waals surface area contributed by atoms with Crippen molar-refractivity contribution in [2.24, 2.45) is 0 Å². The quantitative estimate of drug-likeness (QED) is 0.801. The van der Waals surface area contributed by atoms with Gasteiger partial charge in [0.05, 0.1) is 25.8 Å². The molecule has 0 bridgehead atoms. The number of phenolic OH excluding ortho intramolecular Hbond substituents is 1. The van der Waals surface area contributed by atoms with Gasteiger partial charge in [0.25, 0.3) is 0 Å². The van der Waals surface area contributed by atoms with Crippen LogP contribution in [0, 0.1) is 0 Å². The summed E-state index contributed by atoms with van der Waals surface area (Å²) in [7, 11) is 4.70. The molecule has 22 heavy (non-hydrogen) atoms. The third kappa shape index (κ3) is 3.20. The zero-order chi connectivity index (χ0) is 16.1. The van der Waals surface area contributed by atoms with Crippen LogP contribution in [0.3, 0.4) is 0 Å². The van der Waals surface area contributed by atoms with Gasteiger partial charge in [-0.25, -0.2) is 0 Å². The van der Waals surface area contributed by atoms with Crippen molar-refractivity contribution in [3.63, 3.8) is 0 Å². The lowest BCUT2D eigenvalue weighted by Crippen LogP contribution is -1.97. The van der Waals surface area contributed by atoms with Gasteiger partial charge in [-0.1, -0.05) is 30.4 Å². The molecule has 0 atom stereocenters. The van der Waals surface area contributed by atoms with Crippen molar-refractivity contribution in [3.8, 4) is 23.0 Å². The highest BCUT2D eigenvalue weighted by atomic mass is 79.9. The highest BCUT2D eigenvalue weighted by Gasteiger charge is 2.17. The van der Waals surface area contributed by atoms with Gasteiger partial charge in [-0.3, -0.25) is 0 Å². The SMILES string of the molecule is COc1cc(/C=C/c2ccccc2O)c(Br)c(OC)c1OC. The van der Waals surface area contributed by atoms with E-state index >= 15 is 0 Å². The van der Waals surface area contributed by atoms with E-state index < -0.39 is 0 Å². The molecule has 1 N–H and O–H groups in total. The molecule has 0 fully saturated rings. The van der Waals surface area contributed by atoms with E-state index in [0.29, 0.717) is 17.2 Å². The number of hydrogen-bond acceptors (Lipinski definition) is 4. The van der Waals surface area contributed by atoms with Gasteiger partial charge in [-0.15, -0.1) is 0 Å². The largest absolute Gasteiger partial charge is 0.507 e. The standard InChI is InChI=1S/C17H17BrO4/c1-20-14-10-12(15(18)17(22-3)16(14)21-2)9-8-11-6-4-5-7-13(11)19/h4-10,19H,1-3H3/b9-8+. The van der Waals surface area contributed by atoms with Gasteiger partial charge in [-0.2, -0.15) is 0 Å². The van der Waals surface area contributed by atoms with Crippen molar-refractivity contribution >= 4 is 28.1 Å². The van der Waals surface area contributed by atoms with E-state index in [1.54, 1.807) is 33.5 Å². The van der Waals surface area contributed by atoms with Crippen molar-refractivity contribution in [2.75, 3.05) is 21.3 Å². The number of phenols is 1. The fourth-order valence-corrected chi connectivity index (χ4v) is 2.66. The Balaban J connectivity index is 2.50. The summed E-state index contributed by atoms with van der Waals surface area (Å²) in [4.78, 5) is 0. The molecule has 0 aliphatic heterocycles. The molecule has 0 radical (unpaired) electrons. The molecule has 0 spiro atoms. The average molecular weight is 365 g/mol. The number of halogens is 1. The first-order chi connectivity index (χ1) is 10.6. The number of aromatic hydroxyl groups is 1. The van der Waals surface area contributed by atoms with Gasteiger partial charge in [0.15, 0.2) is 11.5 Å². The summed E-state index contributed by atoms with van der Waals surface area (Å²) in [5.41, 5.74) is 1.57. The van der Waals surface area contributed by atoms with Gasteiger partial charge >= 0.3 is 0 Å². The Morgan fingerprint density at radius 3 is 2.14 bits per heavy atom. The van der Waals surface area contributed by atoms with Crippen LogP contribution in [0.1, 0.15) is 11.1 Å². The van der Waals surface area contributed by atoms with Crippen molar-refractivity contribution in [1.29, 1.82) is 0 Å². The van der Waals surface area contributed by atoms with Gasteiger partial charge < -0.3 is 19.3 Å². The minimum Gasteiger partial charge on any atom is -0.507 e. The first-order valence-corrected chi connectivity index (χ1v) is 7.36. The molecule has 2 aromatic rings. The lowest BCUT2D eigenvalue weighted by molar-refractivity contribution is 0.323. The number of rotatable bonds is 5. The smallest absolute Gasteiger partial charge is 0.204 e. The second-order valence-electron chi connectivity index (χ2n) is 4.44. The molecule has 0 aliphatic carbocycles. The molecular formula is C17H17BrO4. The lowest BCUT2D eigenvalue weighted by atomic mass is 10.1. The normalized spacial score (nSPS) is 10.7. The first-order valence-electron chi connectivity index (χ1n) is 6.57. The Morgan fingerprint density at radius 1 is 0.909 bits per heavy atom. The van der Waals surface area contributed by atoms with Gasteiger partial charge in [0.1, 0.15) is 5.75 Å². The number of para-hydroxylation sites is 1. The van der Waals surface area contributed by atoms with Crippen LogP contribution in [0.4, 0.5) is 0 Å². The predicted molar refractivity (Wildman–Crippen MR) is 90.8 cm³/mol. The average Bonchev–Trinajstić information content (AvgIpc) is 2.54. The maximum atomic E-state index is 9.81. The number of methoxy groups -OCH3 is 3. The van der Waals surface area contributed by atoms with Gasteiger partial charge in [0.2, 0.25) is 5.75 Å². The monoisotopic (exact) mass is 364 g/mol. The number of ether oxygens (including phenoxy) is 3. The lowest BCUT2D eigenvalue weighted by Gasteiger charge is -2.15. The number of hydrogen-bond donors (Lipinski definition) is 1. The fraction of sp³-hybridized carbons (Fsp3) is 0.176. The highest BCUT2D eigenvalue weighted by molar-refractivity contribution is 9.10. The Kier molecular flexibility index (Phi) is 5.33. The van der Waals surface area contributed by atoms with Crippen LogP contribution >= 0.6 is 15.9 Å². The highest BCUT2D eigenvalue weighted by Crippen LogP contribution is 2.45. The molecule has 0 saturated heterocycles. The van der Waals surface area contributed by atoms with Crippen LogP contribution in [-0.2, 0) is 0 Å². The molecule has 2 rings (SSSR count). The van der Waals surface area contributed by atoms with E-state index in [1.807, 2.05) is 30.4 Å². The second-order valence-corrected chi connectivity index (χ2v) is 5.23. The van der Waals surface area contributed by atoms with Gasteiger partial charge in [-0.05, 0) is 33.6 Å². The zero-order valence-corrected chi connectivity index (χ0v) is 14.2. The minimum atomic E-state index is 0.224. The van der Waals surface area contributed by atoms with E-state index in [4.69, 9.17) is 14.2 Å².